The van der Waals surface area contributed by atoms with Crippen molar-refractivity contribution in [2.24, 2.45) is 0 Å². The van der Waals surface area contributed by atoms with E-state index in [1.165, 1.54) is 0 Å². The molecule has 1 aliphatic heterocycles. The third kappa shape index (κ3) is 2.38. The fourth-order valence-corrected chi connectivity index (χ4v) is 2.42. The summed E-state index contributed by atoms with van der Waals surface area (Å²) < 4.78 is 5.51. The quantitative estimate of drug-likeness (QED) is 0.594. The summed E-state index contributed by atoms with van der Waals surface area (Å²) in [5.41, 5.74) is 0.186. The number of ketones is 1. The number of hydrogen-bond acceptors (Lipinski definition) is 3. The molecule has 0 aliphatic carbocycles. The molecular weight excluding hydrogens is 216 g/mol. The van der Waals surface area contributed by atoms with Gasteiger partial charge in [-0.2, -0.15) is 0 Å². The number of esters is 1. The molecule has 3 nitrogen and oxygen atoms in total. The summed E-state index contributed by atoms with van der Waals surface area (Å²) >= 11 is 0. The van der Waals surface area contributed by atoms with E-state index in [0.717, 1.165) is 12.0 Å². The average molecular weight is 232 g/mol. The van der Waals surface area contributed by atoms with E-state index in [4.69, 9.17) is 4.74 Å². The first-order valence-corrected chi connectivity index (χ1v) is 5.95. The van der Waals surface area contributed by atoms with Gasteiger partial charge in [-0.25, -0.2) is 0 Å². The molecule has 0 amide bonds. The van der Waals surface area contributed by atoms with Crippen LogP contribution in [0.4, 0.5) is 0 Å². The third-order valence-electron chi connectivity index (χ3n) is 3.09. The van der Waals surface area contributed by atoms with Gasteiger partial charge in [0.1, 0.15) is 17.8 Å². The molecule has 0 saturated carbocycles. The zero-order valence-electron chi connectivity index (χ0n) is 9.94. The van der Waals surface area contributed by atoms with Crippen LogP contribution in [-0.2, 0) is 19.9 Å². The van der Waals surface area contributed by atoms with Crippen LogP contribution < -0.4 is 0 Å². The number of benzene rings is 1. The van der Waals surface area contributed by atoms with E-state index in [1.807, 2.05) is 37.3 Å². The molecule has 1 aromatic carbocycles. The van der Waals surface area contributed by atoms with Crippen molar-refractivity contribution >= 4 is 11.8 Å². The number of ether oxygens (including phenoxy) is 1. The Morgan fingerprint density at radius 2 is 1.94 bits per heavy atom. The van der Waals surface area contributed by atoms with Crippen LogP contribution in [0.3, 0.4) is 0 Å². The molecule has 0 N–H and O–H groups in total. The highest BCUT2D eigenvalue weighted by Crippen LogP contribution is 2.38. The fourth-order valence-electron chi connectivity index (χ4n) is 2.42. The van der Waals surface area contributed by atoms with Crippen molar-refractivity contribution in [1.29, 1.82) is 0 Å². The largest absolute Gasteiger partial charge is 0.453 e. The summed E-state index contributed by atoms with van der Waals surface area (Å²) in [7, 11) is 0. The van der Waals surface area contributed by atoms with Crippen molar-refractivity contribution in [2.45, 2.75) is 38.2 Å². The average Bonchev–Trinajstić information content (AvgIpc) is 2.29. The van der Waals surface area contributed by atoms with Crippen LogP contribution in [0.5, 0.6) is 0 Å². The highest BCUT2D eigenvalue weighted by atomic mass is 16.6. The number of rotatable bonds is 3. The Hall–Kier alpha value is -1.64. The lowest BCUT2D eigenvalue weighted by atomic mass is 9.82. The van der Waals surface area contributed by atoms with E-state index in [2.05, 4.69) is 0 Å². The Bertz CT molecular complexity index is 406. The molecular formula is C14H16O3. The van der Waals surface area contributed by atoms with Crippen LogP contribution in [0.15, 0.2) is 30.3 Å². The van der Waals surface area contributed by atoms with E-state index in [-0.39, 0.29) is 12.2 Å². The molecule has 0 spiro atoms. The first-order valence-electron chi connectivity index (χ1n) is 5.95. The van der Waals surface area contributed by atoms with Gasteiger partial charge < -0.3 is 4.74 Å². The summed E-state index contributed by atoms with van der Waals surface area (Å²) in [6, 6.07) is 9.55. The van der Waals surface area contributed by atoms with E-state index >= 15 is 0 Å². The monoisotopic (exact) mass is 232 g/mol. The van der Waals surface area contributed by atoms with Crippen LogP contribution in [-0.4, -0.2) is 11.8 Å². The molecule has 1 fully saturated rings. The smallest absolute Gasteiger partial charge is 0.314 e. The molecule has 0 aromatic heterocycles. The molecule has 0 radical (unpaired) electrons. The summed E-state index contributed by atoms with van der Waals surface area (Å²) in [5, 5.41) is 0. The van der Waals surface area contributed by atoms with Gasteiger partial charge in [0, 0.05) is 0 Å². The molecule has 0 bridgehead atoms. The SMILES string of the molecule is CCCC1(c2ccccc2)CC(=O)CC(=O)O1. The molecule has 3 heteroatoms. The third-order valence-corrected chi connectivity index (χ3v) is 3.09. The minimum Gasteiger partial charge on any atom is -0.453 e. The lowest BCUT2D eigenvalue weighted by molar-refractivity contribution is -0.172. The zero-order chi connectivity index (χ0) is 12.3. The molecule has 17 heavy (non-hydrogen) atoms. The molecule has 1 heterocycles. The lowest BCUT2D eigenvalue weighted by Gasteiger charge is -2.36. The molecule has 1 saturated heterocycles. The van der Waals surface area contributed by atoms with Gasteiger partial charge in [0.2, 0.25) is 0 Å². The maximum Gasteiger partial charge on any atom is 0.314 e. The normalized spacial score (nSPS) is 24.5. The van der Waals surface area contributed by atoms with Gasteiger partial charge in [-0.1, -0.05) is 43.7 Å². The summed E-state index contributed by atoms with van der Waals surface area (Å²) in [6.45, 7) is 2.03. The van der Waals surface area contributed by atoms with Gasteiger partial charge in [0.05, 0.1) is 6.42 Å². The van der Waals surface area contributed by atoms with Crippen molar-refractivity contribution in [1.82, 2.24) is 0 Å². The molecule has 90 valence electrons. The van der Waals surface area contributed by atoms with Crippen molar-refractivity contribution in [3.63, 3.8) is 0 Å². The van der Waals surface area contributed by atoms with Gasteiger partial charge in [-0.05, 0) is 12.0 Å². The minimum absolute atomic E-state index is 0.0291. The highest BCUT2D eigenvalue weighted by Gasteiger charge is 2.41. The standard InChI is InChI=1S/C14H16O3/c1-2-8-14(11-6-4-3-5-7-11)10-12(15)9-13(16)17-14/h3-7H,2,8-10H2,1H3. The van der Waals surface area contributed by atoms with E-state index in [9.17, 15) is 9.59 Å². The minimum atomic E-state index is -0.734. The fraction of sp³-hybridized carbons (Fsp3) is 0.429. The highest BCUT2D eigenvalue weighted by molar-refractivity contribution is 5.98. The second-order valence-electron chi connectivity index (χ2n) is 4.48. The Kier molecular flexibility index (Phi) is 3.27. The molecule has 1 aromatic rings. The van der Waals surface area contributed by atoms with Crippen molar-refractivity contribution in [2.75, 3.05) is 0 Å². The van der Waals surface area contributed by atoms with Crippen molar-refractivity contribution in [3.8, 4) is 0 Å². The topological polar surface area (TPSA) is 43.4 Å². The van der Waals surface area contributed by atoms with Gasteiger partial charge in [0.25, 0.3) is 0 Å². The molecule has 1 aliphatic rings. The van der Waals surface area contributed by atoms with Crippen molar-refractivity contribution < 1.29 is 14.3 Å². The lowest BCUT2D eigenvalue weighted by Crippen LogP contribution is -2.40. The summed E-state index contributed by atoms with van der Waals surface area (Å²) in [5.74, 6) is -0.433. The molecule has 1 atom stereocenters. The van der Waals surface area contributed by atoms with Gasteiger partial charge in [0.15, 0.2) is 0 Å². The summed E-state index contributed by atoms with van der Waals surface area (Å²) in [4.78, 5) is 23.1. The predicted octanol–water partition coefficient (Wildman–Crippen LogP) is 2.59. The maximum absolute atomic E-state index is 11.6. The Balaban J connectivity index is 2.38. The number of carbonyl (C=O) groups is 2. The Morgan fingerprint density at radius 3 is 2.53 bits per heavy atom. The first kappa shape index (κ1) is 11.8. The van der Waals surface area contributed by atoms with E-state index in [1.54, 1.807) is 0 Å². The number of Topliss-reactive ketones (excluding diaryl/α,β-unsaturated/α-hetero) is 1. The molecule has 2 rings (SSSR count). The number of cyclic esters (lactones) is 1. The van der Waals surface area contributed by atoms with Crippen LogP contribution in [0.2, 0.25) is 0 Å². The van der Waals surface area contributed by atoms with Crippen LogP contribution in [0, 0.1) is 0 Å². The summed E-state index contributed by atoms with van der Waals surface area (Å²) in [6.07, 6.45) is 1.78. The number of hydrogen-bond donors (Lipinski definition) is 0. The van der Waals surface area contributed by atoms with Crippen molar-refractivity contribution in [3.05, 3.63) is 35.9 Å². The second kappa shape index (κ2) is 4.70. The Labute approximate surface area is 101 Å². The van der Waals surface area contributed by atoms with Crippen LogP contribution in [0.25, 0.3) is 0 Å². The Morgan fingerprint density at radius 1 is 1.24 bits per heavy atom. The van der Waals surface area contributed by atoms with Crippen LogP contribution >= 0.6 is 0 Å². The number of carbonyl (C=O) groups excluding carboxylic acids is 2. The van der Waals surface area contributed by atoms with Gasteiger partial charge >= 0.3 is 5.97 Å². The van der Waals surface area contributed by atoms with Gasteiger partial charge in [-0.3, -0.25) is 9.59 Å². The second-order valence-corrected chi connectivity index (χ2v) is 4.48. The van der Waals surface area contributed by atoms with E-state index in [0.29, 0.717) is 12.8 Å². The molecule has 1 unspecified atom stereocenters. The maximum atomic E-state index is 11.6. The predicted molar refractivity (Wildman–Crippen MR) is 63.4 cm³/mol. The van der Waals surface area contributed by atoms with Crippen LogP contribution in [0.1, 0.15) is 38.2 Å². The zero-order valence-corrected chi connectivity index (χ0v) is 9.94. The first-order chi connectivity index (χ1) is 8.16. The van der Waals surface area contributed by atoms with Gasteiger partial charge in [-0.15, -0.1) is 0 Å². The van der Waals surface area contributed by atoms with E-state index < -0.39 is 11.6 Å².